The first-order chi connectivity index (χ1) is 15.1. The minimum absolute atomic E-state index is 0.0405. The van der Waals surface area contributed by atoms with E-state index in [1.165, 1.54) is 24.3 Å². The van der Waals surface area contributed by atoms with Gasteiger partial charge >= 0.3 is 0 Å². The van der Waals surface area contributed by atoms with Crippen LogP contribution in [0.4, 0.5) is 8.78 Å². The average Bonchev–Trinajstić information content (AvgIpc) is 2.78. The standard InChI is InChI=1S/C25H25F2NO3/c1-2-30-12-13-31-17-19-5-3-4-18(14-19)16-28-25(29)23-11-8-21(15-24(23)27)20-6-9-22(26)10-7-20/h3-11,14-15H,2,12-13,16-17H2,1H3,(H,28,29). The zero-order valence-electron chi connectivity index (χ0n) is 17.4. The summed E-state index contributed by atoms with van der Waals surface area (Å²) in [6.07, 6.45) is 0. The lowest BCUT2D eigenvalue weighted by molar-refractivity contribution is 0.0453. The fourth-order valence-corrected chi connectivity index (χ4v) is 3.08. The number of hydrogen-bond donors (Lipinski definition) is 1. The van der Waals surface area contributed by atoms with E-state index in [-0.39, 0.29) is 17.9 Å². The van der Waals surface area contributed by atoms with Crippen molar-refractivity contribution in [1.82, 2.24) is 5.32 Å². The van der Waals surface area contributed by atoms with E-state index in [0.29, 0.717) is 37.6 Å². The second kappa shape index (κ2) is 11.3. The summed E-state index contributed by atoms with van der Waals surface area (Å²) in [6, 6.07) is 17.8. The van der Waals surface area contributed by atoms with Gasteiger partial charge in [0, 0.05) is 13.2 Å². The lowest BCUT2D eigenvalue weighted by Crippen LogP contribution is -2.23. The van der Waals surface area contributed by atoms with Crippen molar-refractivity contribution in [3.8, 4) is 11.1 Å². The minimum Gasteiger partial charge on any atom is -0.379 e. The number of ether oxygens (including phenoxy) is 2. The van der Waals surface area contributed by atoms with Gasteiger partial charge in [-0.25, -0.2) is 8.78 Å². The Balaban J connectivity index is 1.57. The van der Waals surface area contributed by atoms with Gasteiger partial charge in [0.2, 0.25) is 0 Å². The molecule has 0 saturated heterocycles. The van der Waals surface area contributed by atoms with Crippen LogP contribution in [-0.4, -0.2) is 25.7 Å². The molecule has 0 saturated carbocycles. The highest BCUT2D eigenvalue weighted by molar-refractivity contribution is 5.95. The van der Waals surface area contributed by atoms with Gasteiger partial charge in [-0.05, 0) is 53.4 Å². The van der Waals surface area contributed by atoms with Crippen LogP contribution in [0.5, 0.6) is 0 Å². The van der Waals surface area contributed by atoms with Gasteiger partial charge in [-0.3, -0.25) is 4.79 Å². The highest BCUT2D eigenvalue weighted by Crippen LogP contribution is 2.22. The van der Waals surface area contributed by atoms with Crippen LogP contribution in [0.2, 0.25) is 0 Å². The summed E-state index contributed by atoms with van der Waals surface area (Å²) < 4.78 is 38.4. The van der Waals surface area contributed by atoms with Gasteiger partial charge < -0.3 is 14.8 Å². The van der Waals surface area contributed by atoms with Gasteiger partial charge in [-0.1, -0.05) is 42.5 Å². The van der Waals surface area contributed by atoms with Gasteiger partial charge in [0.25, 0.3) is 5.91 Å². The van der Waals surface area contributed by atoms with Crippen LogP contribution in [-0.2, 0) is 22.6 Å². The molecule has 0 aliphatic carbocycles. The fraction of sp³-hybridized carbons (Fsp3) is 0.240. The number of rotatable bonds is 10. The quantitative estimate of drug-likeness (QED) is 0.459. The lowest BCUT2D eigenvalue weighted by Gasteiger charge is -2.10. The van der Waals surface area contributed by atoms with Crippen molar-refractivity contribution in [2.75, 3.05) is 19.8 Å². The summed E-state index contributed by atoms with van der Waals surface area (Å²) in [6.45, 7) is 4.39. The largest absolute Gasteiger partial charge is 0.379 e. The van der Waals surface area contributed by atoms with E-state index in [4.69, 9.17) is 9.47 Å². The predicted molar refractivity (Wildman–Crippen MR) is 116 cm³/mol. The van der Waals surface area contributed by atoms with E-state index < -0.39 is 11.7 Å². The molecule has 0 fully saturated rings. The molecule has 0 aliphatic rings. The van der Waals surface area contributed by atoms with Crippen molar-refractivity contribution < 1.29 is 23.0 Å². The summed E-state index contributed by atoms with van der Waals surface area (Å²) in [5, 5.41) is 2.74. The molecule has 1 N–H and O–H groups in total. The normalized spacial score (nSPS) is 10.8. The zero-order valence-corrected chi connectivity index (χ0v) is 17.4. The Hall–Kier alpha value is -3.09. The van der Waals surface area contributed by atoms with Gasteiger partial charge in [0.1, 0.15) is 11.6 Å². The van der Waals surface area contributed by atoms with Gasteiger partial charge in [-0.2, -0.15) is 0 Å². The molecule has 0 aliphatic heterocycles. The molecule has 31 heavy (non-hydrogen) atoms. The molecule has 1 amide bonds. The first-order valence-electron chi connectivity index (χ1n) is 10.1. The number of nitrogens with one attached hydrogen (secondary N) is 1. The van der Waals surface area contributed by atoms with Crippen molar-refractivity contribution in [3.63, 3.8) is 0 Å². The first-order valence-corrected chi connectivity index (χ1v) is 10.1. The molecule has 0 unspecified atom stereocenters. The van der Waals surface area contributed by atoms with E-state index in [1.807, 2.05) is 31.2 Å². The van der Waals surface area contributed by atoms with E-state index >= 15 is 0 Å². The van der Waals surface area contributed by atoms with Crippen molar-refractivity contribution in [1.29, 1.82) is 0 Å². The van der Waals surface area contributed by atoms with Gasteiger partial charge in [0.05, 0.1) is 25.4 Å². The van der Waals surface area contributed by atoms with E-state index in [2.05, 4.69) is 5.32 Å². The number of halogens is 2. The van der Waals surface area contributed by atoms with Gasteiger partial charge in [-0.15, -0.1) is 0 Å². The van der Waals surface area contributed by atoms with Crippen LogP contribution < -0.4 is 5.32 Å². The zero-order chi connectivity index (χ0) is 22.1. The summed E-state index contributed by atoms with van der Waals surface area (Å²) in [4.78, 5) is 12.4. The molecule has 0 atom stereocenters. The maximum absolute atomic E-state index is 14.5. The first kappa shape index (κ1) is 22.6. The number of benzene rings is 3. The van der Waals surface area contributed by atoms with Crippen LogP contribution in [0.15, 0.2) is 66.7 Å². The Morgan fingerprint density at radius 2 is 1.58 bits per heavy atom. The van der Waals surface area contributed by atoms with Crippen molar-refractivity contribution in [2.24, 2.45) is 0 Å². The predicted octanol–water partition coefficient (Wildman–Crippen LogP) is 5.11. The number of amides is 1. The molecule has 0 aromatic heterocycles. The van der Waals surface area contributed by atoms with Crippen LogP contribution in [0, 0.1) is 11.6 Å². The molecule has 0 bridgehead atoms. The molecule has 6 heteroatoms. The van der Waals surface area contributed by atoms with E-state index in [1.54, 1.807) is 18.2 Å². The summed E-state index contributed by atoms with van der Waals surface area (Å²) in [5.74, 6) is -1.49. The molecule has 3 aromatic carbocycles. The Morgan fingerprint density at radius 1 is 0.871 bits per heavy atom. The number of carbonyl (C=O) groups is 1. The molecular formula is C25H25F2NO3. The molecule has 0 radical (unpaired) electrons. The monoisotopic (exact) mass is 425 g/mol. The van der Waals surface area contributed by atoms with Gasteiger partial charge in [0.15, 0.2) is 0 Å². The van der Waals surface area contributed by atoms with Crippen LogP contribution in [0.3, 0.4) is 0 Å². The molecule has 0 heterocycles. The third-order valence-electron chi connectivity index (χ3n) is 4.68. The van der Waals surface area contributed by atoms with Crippen molar-refractivity contribution in [2.45, 2.75) is 20.1 Å². The average molecular weight is 425 g/mol. The number of carbonyl (C=O) groups excluding carboxylic acids is 1. The Morgan fingerprint density at radius 3 is 2.32 bits per heavy atom. The lowest BCUT2D eigenvalue weighted by atomic mass is 10.0. The highest BCUT2D eigenvalue weighted by atomic mass is 19.1. The summed E-state index contributed by atoms with van der Waals surface area (Å²) in [7, 11) is 0. The van der Waals surface area contributed by atoms with Crippen LogP contribution in [0.1, 0.15) is 28.4 Å². The second-order valence-electron chi connectivity index (χ2n) is 6.95. The molecular weight excluding hydrogens is 400 g/mol. The molecule has 162 valence electrons. The highest BCUT2D eigenvalue weighted by Gasteiger charge is 2.13. The molecule has 3 aromatic rings. The van der Waals surface area contributed by atoms with E-state index in [0.717, 1.165) is 11.1 Å². The maximum Gasteiger partial charge on any atom is 0.254 e. The van der Waals surface area contributed by atoms with Crippen molar-refractivity contribution in [3.05, 3.63) is 95.1 Å². The Labute approximate surface area is 180 Å². The summed E-state index contributed by atoms with van der Waals surface area (Å²) in [5.41, 5.74) is 3.08. The maximum atomic E-state index is 14.5. The van der Waals surface area contributed by atoms with Crippen molar-refractivity contribution >= 4 is 5.91 Å². The van der Waals surface area contributed by atoms with Crippen LogP contribution in [0.25, 0.3) is 11.1 Å². The summed E-state index contributed by atoms with van der Waals surface area (Å²) >= 11 is 0. The smallest absolute Gasteiger partial charge is 0.254 e. The molecule has 0 spiro atoms. The Kier molecular flexibility index (Phi) is 8.27. The third-order valence-corrected chi connectivity index (χ3v) is 4.68. The third kappa shape index (κ3) is 6.70. The Bertz CT molecular complexity index is 1010. The number of hydrogen-bond acceptors (Lipinski definition) is 3. The fourth-order valence-electron chi connectivity index (χ4n) is 3.08. The van der Waals surface area contributed by atoms with Crippen LogP contribution >= 0.6 is 0 Å². The molecule has 3 rings (SSSR count). The SMILES string of the molecule is CCOCCOCc1cccc(CNC(=O)c2ccc(-c3ccc(F)cc3)cc2F)c1. The second-order valence-corrected chi connectivity index (χ2v) is 6.95. The molecule has 4 nitrogen and oxygen atoms in total. The minimum atomic E-state index is -0.629. The van der Waals surface area contributed by atoms with E-state index in [9.17, 15) is 13.6 Å². The topological polar surface area (TPSA) is 47.6 Å².